The molecule has 2 aromatic carbocycles. The third kappa shape index (κ3) is 5.46. The molecule has 7 nitrogen and oxygen atoms in total. The minimum atomic E-state index is -0.114. The lowest BCUT2D eigenvalue weighted by molar-refractivity contribution is -0.138. The Bertz CT molecular complexity index is 919. The van der Waals surface area contributed by atoms with Crippen molar-refractivity contribution in [1.29, 1.82) is 0 Å². The fourth-order valence-electron chi connectivity index (χ4n) is 4.41. The number of carbonyl (C=O) groups excluding carboxylic acids is 3. The van der Waals surface area contributed by atoms with Gasteiger partial charge in [0.2, 0.25) is 5.91 Å². The number of amides is 4. The monoisotopic (exact) mass is 434 g/mol. The minimum absolute atomic E-state index is 0.0359. The van der Waals surface area contributed by atoms with E-state index in [0.29, 0.717) is 44.6 Å². The zero-order valence-electron chi connectivity index (χ0n) is 18.2. The number of anilines is 1. The predicted octanol–water partition coefficient (Wildman–Crippen LogP) is 3.35. The van der Waals surface area contributed by atoms with Gasteiger partial charge < -0.3 is 20.4 Å². The van der Waals surface area contributed by atoms with Gasteiger partial charge in [0, 0.05) is 49.4 Å². The van der Waals surface area contributed by atoms with Gasteiger partial charge in [-0.1, -0.05) is 36.4 Å². The number of nitrogens with one attached hydrogen (secondary N) is 2. The molecule has 0 saturated carbocycles. The molecule has 7 heteroatoms. The lowest BCUT2D eigenvalue weighted by atomic mass is 9.94. The van der Waals surface area contributed by atoms with Crippen molar-refractivity contribution in [2.75, 3.05) is 31.5 Å². The van der Waals surface area contributed by atoms with Gasteiger partial charge in [0.05, 0.1) is 0 Å². The lowest BCUT2D eigenvalue weighted by Gasteiger charge is -2.37. The van der Waals surface area contributed by atoms with Crippen LogP contribution in [-0.4, -0.2) is 59.9 Å². The number of likely N-dealkylation sites (tertiary alicyclic amines) is 2. The maximum atomic E-state index is 13.0. The molecular weight excluding hydrogens is 404 g/mol. The number of urea groups is 1. The summed E-state index contributed by atoms with van der Waals surface area (Å²) in [5.74, 6) is 0.0868. The first-order valence-electron chi connectivity index (χ1n) is 11.4. The summed E-state index contributed by atoms with van der Waals surface area (Å²) in [5, 5.41) is 5.99. The number of hydrogen-bond donors (Lipinski definition) is 2. The topological polar surface area (TPSA) is 81.8 Å². The van der Waals surface area contributed by atoms with Crippen LogP contribution in [0.15, 0.2) is 60.7 Å². The Labute approximate surface area is 188 Å². The number of carbonyl (C=O) groups is 3. The minimum Gasteiger partial charge on any atom is -0.349 e. The van der Waals surface area contributed by atoms with E-state index in [2.05, 4.69) is 10.6 Å². The van der Waals surface area contributed by atoms with E-state index in [0.717, 1.165) is 18.5 Å². The van der Waals surface area contributed by atoms with Gasteiger partial charge in [-0.25, -0.2) is 4.79 Å². The first kappa shape index (κ1) is 21.9. The second kappa shape index (κ2) is 10.3. The maximum Gasteiger partial charge on any atom is 0.321 e. The number of nitrogens with zero attached hydrogens (tertiary/aromatic N) is 2. The number of hydrogen-bond acceptors (Lipinski definition) is 3. The van der Waals surface area contributed by atoms with Crippen molar-refractivity contribution < 1.29 is 14.4 Å². The van der Waals surface area contributed by atoms with Crippen LogP contribution in [0.4, 0.5) is 10.5 Å². The molecule has 4 amide bonds. The average molecular weight is 435 g/mol. The van der Waals surface area contributed by atoms with Gasteiger partial charge >= 0.3 is 6.03 Å². The Kier molecular flexibility index (Phi) is 7.04. The number of benzene rings is 2. The molecule has 32 heavy (non-hydrogen) atoms. The van der Waals surface area contributed by atoms with Crippen LogP contribution in [0.5, 0.6) is 0 Å². The van der Waals surface area contributed by atoms with Gasteiger partial charge in [-0.05, 0) is 49.9 Å². The van der Waals surface area contributed by atoms with E-state index >= 15 is 0 Å². The van der Waals surface area contributed by atoms with Crippen molar-refractivity contribution in [1.82, 2.24) is 15.1 Å². The quantitative estimate of drug-likeness (QED) is 0.774. The molecule has 4 rings (SSSR count). The van der Waals surface area contributed by atoms with Crippen molar-refractivity contribution in [3.63, 3.8) is 0 Å². The van der Waals surface area contributed by atoms with Gasteiger partial charge in [0.25, 0.3) is 5.91 Å². The van der Waals surface area contributed by atoms with Gasteiger partial charge in [-0.3, -0.25) is 9.59 Å². The first-order valence-corrected chi connectivity index (χ1v) is 11.4. The number of para-hydroxylation sites is 1. The molecule has 0 atom stereocenters. The van der Waals surface area contributed by atoms with Crippen LogP contribution in [-0.2, 0) is 4.79 Å². The second-order valence-corrected chi connectivity index (χ2v) is 8.50. The smallest absolute Gasteiger partial charge is 0.321 e. The highest BCUT2D eigenvalue weighted by Gasteiger charge is 2.32. The molecule has 0 bridgehead atoms. The van der Waals surface area contributed by atoms with Crippen LogP contribution in [0, 0.1) is 5.92 Å². The first-order chi connectivity index (χ1) is 15.6. The number of piperidine rings is 2. The van der Waals surface area contributed by atoms with Crippen molar-refractivity contribution in [2.45, 2.75) is 31.7 Å². The largest absolute Gasteiger partial charge is 0.349 e. The van der Waals surface area contributed by atoms with E-state index in [9.17, 15) is 14.4 Å². The molecule has 2 N–H and O–H groups in total. The maximum absolute atomic E-state index is 13.0. The molecule has 2 aliphatic heterocycles. The molecule has 2 aromatic rings. The predicted molar refractivity (Wildman–Crippen MR) is 123 cm³/mol. The molecule has 0 aromatic heterocycles. The van der Waals surface area contributed by atoms with Crippen molar-refractivity contribution in [2.24, 2.45) is 5.92 Å². The molecule has 2 aliphatic rings. The van der Waals surface area contributed by atoms with Crippen molar-refractivity contribution in [3.05, 3.63) is 66.2 Å². The normalized spacial score (nSPS) is 17.6. The van der Waals surface area contributed by atoms with Crippen LogP contribution in [0.1, 0.15) is 36.0 Å². The zero-order valence-corrected chi connectivity index (χ0v) is 18.2. The standard InChI is InChI=1S/C25H30N4O3/c30-23(19-7-3-1-4-8-19)26-22-13-17-28(18-14-22)24(31)20-11-15-29(16-12-20)25(32)27-21-9-5-2-6-10-21/h1-10,20,22H,11-18H2,(H,26,30)(H,27,32). The third-order valence-electron chi connectivity index (χ3n) is 6.33. The SMILES string of the molecule is O=C(NC1CCN(C(=O)C2CCN(C(=O)Nc3ccccc3)CC2)CC1)c1ccccc1. The van der Waals surface area contributed by atoms with Crippen LogP contribution in [0.2, 0.25) is 0 Å². The highest BCUT2D eigenvalue weighted by molar-refractivity contribution is 5.94. The summed E-state index contributed by atoms with van der Waals surface area (Å²) < 4.78 is 0. The molecule has 2 heterocycles. The Morgan fingerprint density at radius 3 is 1.91 bits per heavy atom. The second-order valence-electron chi connectivity index (χ2n) is 8.50. The Morgan fingerprint density at radius 2 is 1.28 bits per heavy atom. The molecule has 0 unspecified atom stereocenters. The summed E-state index contributed by atoms with van der Waals surface area (Å²) >= 11 is 0. The summed E-state index contributed by atoms with van der Waals surface area (Å²) in [6, 6.07) is 18.6. The average Bonchev–Trinajstić information content (AvgIpc) is 2.85. The van der Waals surface area contributed by atoms with Gasteiger partial charge in [-0.15, -0.1) is 0 Å². The summed E-state index contributed by atoms with van der Waals surface area (Å²) in [6.45, 7) is 2.48. The van der Waals surface area contributed by atoms with E-state index in [-0.39, 0.29) is 29.8 Å². The van der Waals surface area contributed by atoms with Crippen LogP contribution >= 0.6 is 0 Å². The Hall–Kier alpha value is -3.35. The Morgan fingerprint density at radius 1 is 0.719 bits per heavy atom. The fourth-order valence-corrected chi connectivity index (χ4v) is 4.41. The molecule has 168 valence electrons. The summed E-state index contributed by atoms with van der Waals surface area (Å²) in [4.78, 5) is 41.5. The molecular formula is C25H30N4O3. The Balaban J connectivity index is 1.20. The van der Waals surface area contributed by atoms with Crippen molar-refractivity contribution in [3.8, 4) is 0 Å². The van der Waals surface area contributed by atoms with Crippen LogP contribution in [0.25, 0.3) is 0 Å². The molecule has 2 saturated heterocycles. The van der Waals surface area contributed by atoms with E-state index in [1.54, 1.807) is 17.0 Å². The van der Waals surface area contributed by atoms with Gasteiger partial charge in [0.15, 0.2) is 0 Å². The fraction of sp³-hybridized carbons (Fsp3) is 0.400. The summed E-state index contributed by atoms with van der Waals surface area (Å²) in [7, 11) is 0. The number of rotatable bonds is 4. The van der Waals surface area contributed by atoms with E-state index in [4.69, 9.17) is 0 Å². The van der Waals surface area contributed by atoms with E-state index in [1.165, 1.54) is 0 Å². The lowest BCUT2D eigenvalue weighted by Crippen LogP contribution is -2.50. The summed E-state index contributed by atoms with van der Waals surface area (Å²) in [5.41, 5.74) is 1.44. The van der Waals surface area contributed by atoms with Crippen LogP contribution in [0.3, 0.4) is 0 Å². The van der Waals surface area contributed by atoms with E-state index < -0.39 is 0 Å². The molecule has 0 spiro atoms. The van der Waals surface area contributed by atoms with Gasteiger partial charge in [0.1, 0.15) is 0 Å². The van der Waals surface area contributed by atoms with Crippen LogP contribution < -0.4 is 10.6 Å². The highest BCUT2D eigenvalue weighted by Crippen LogP contribution is 2.23. The highest BCUT2D eigenvalue weighted by atomic mass is 16.2. The molecule has 0 radical (unpaired) electrons. The van der Waals surface area contributed by atoms with E-state index in [1.807, 2.05) is 53.4 Å². The molecule has 0 aliphatic carbocycles. The summed E-state index contributed by atoms with van der Waals surface area (Å²) in [6.07, 6.45) is 2.91. The molecule has 2 fully saturated rings. The van der Waals surface area contributed by atoms with Gasteiger partial charge in [-0.2, -0.15) is 0 Å². The third-order valence-corrected chi connectivity index (χ3v) is 6.33. The van der Waals surface area contributed by atoms with Crippen molar-refractivity contribution >= 4 is 23.5 Å². The zero-order chi connectivity index (χ0) is 22.3.